The molecule has 0 saturated heterocycles. The quantitative estimate of drug-likeness (QED) is 0.387. The van der Waals surface area contributed by atoms with Crippen LogP contribution >= 0.6 is 0 Å². The Balaban J connectivity index is 1.55. The Morgan fingerprint density at radius 2 is 1.36 bits per heavy atom. The fourth-order valence-corrected chi connectivity index (χ4v) is 13.0. The predicted molar refractivity (Wildman–Crippen MR) is 143 cm³/mol. The van der Waals surface area contributed by atoms with Crippen LogP contribution in [0.5, 0.6) is 0 Å². The molecule has 33 heavy (non-hydrogen) atoms. The first-order valence-corrected chi connectivity index (χ1v) is 15.8. The van der Waals surface area contributed by atoms with Crippen LogP contribution in [-0.4, -0.2) is 0 Å². The van der Waals surface area contributed by atoms with Crippen molar-refractivity contribution in [1.82, 2.24) is 0 Å². The largest absolute Gasteiger partial charge is 0.0651 e. The van der Waals surface area contributed by atoms with Gasteiger partial charge in [-0.2, -0.15) is 0 Å². The summed E-state index contributed by atoms with van der Waals surface area (Å²) in [7, 11) is 0. The van der Waals surface area contributed by atoms with Crippen LogP contribution in [0.4, 0.5) is 0 Å². The van der Waals surface area contributed by atoms with Gasteiger partial charge in [0.25, 0.3) is 0 Å². The second kappa shape index (κ2) is 8.54. The normalized spacial score (nSPS) is 51.7. The van der Waals surface area contributed by atoms with Gasteiger partial charge in [-0.15, -0.1) is 0 Å². The van der Waals surface area contributed by atoms with Crippen molar-refractivity contribution < 1.29 is 0 Å². The molecule has 5 saturated carbocycles. The van der Waals surface area contributed by atoms with Crippen molar-refractivity contribution >= 4 is 0 Å². The van der Waals surface area contributed by atoms with Gasteiger partial charge in [-0.05, 0) is 147 Å². The van der Waals surface area contributed by atoms with Crippen molar-refractivity contribution in [3.63, 3.8) is 0 Å². The molecule has 0 heteroatoms. The number of hydrogen-bond acceptors (Lipinski definition) is 0. The van der Waals surface area contributed by atoms with Crippen LogP contribution in [-0.2, 0) is 0 Å². The lowest BCUT2D eigenvalue weighted by molar-refractivity contribution is -0.238. The van der Waals surface area contributed by atoms with E-state index in [-0.39, 0.29) is 0 Å². The van der Waals surface area contributed by atoms with E-state index in [2.05, 4.69) is 48.5 Å². The minimum absolute atomic E-state index is 0.594. The number of hydrogen-bond donors (Lipinski definition) is 0. The van der Waals surface area contributed by atoms with Gasteiger partial charge in [-0.3, -0.25) is 0 Å². The van der Waals surface area contributed by atoms with Crippen molar-refractivity contribution in [2.24, 2.45) is 63.1 Å². The Kier molecular flexibility index (Phi) is 6.39. The molecule has 0 aromatic carbocycles. The maximum absolute atomic E-state index is 2.65. The molecule has 5 rings (SSSR count). The molecule has 0 bridgehead atoms. The second-order valence-electron chi connectivity index (χ2n) is 14.8. The van der Waals surface area contributed by atoms with Crippen LogP contribution in [0.1, 0.15) is 145 Å². The molecule has 190 valence electrons. The lowest BCUT2D eigenvalue weighted by Gasteiger charge is -2.72. The zero-order chi connectivity index (χ0) is 23.6. The molecule has 0 nitrogen and oxygen atoms in total. The number of fused-ring (bicyclic) bond motifs is 7. The van der Waals surface area contributed by atoms with Crippen LogP contribution in [0, 0.1) is 63.1 Å². The van der Waals surface area contributed by atoms with Crippen molar-refractivity contribution in [3.05, 3.63) is 0 Å². The van der Waals surface area contributed by atoms with E-state index in [0.717, 1.165) is 41.4 Å². The molecule has 0 aliphatic heterocycles. The molecular weight excluding hydrogens is 396 g/mol. The van der Waals surface area contributed by atoms with Gasteiger partial charge < -0.3 is 0 Å². The Bertz CT molecular complexity index is 705. The Morgan fingerprint density at radius 3 is 2.03 bits per heavy atom. The van der Waals surface area contributed by atoms with E-state index in [1.807, 2.05) is 0 Å². The van der Waals surface area contributed by atoms with Gasteiger partial charge in [-0.1, -0.05) is 61.3 Å². The van der Waals surface area contributed by atoms with Crippen LogP contribution in [0.25, 0.3) is 0 Å². The third-order valence-electron chi connectivity index (χ3n) is 14.5. The minimum Gasteiger partial charge on any atom is -0.0651 e. The molecule has 0 aromatic heterocycles. The van der Waals surface area contributed by atoms with Gasteiger partial charge in [0, 0.05) is 0 Å². The third-order valence-corrected chi connectivity index (χ3v) is 14.5. The van der Waals surface area contributed by atoms with E-state index in [1.54, 1.807) is 57.8 Å². The Morgan fingerprint density at radius 1 is 0.667 bits per heavy atom. The molecule has 5 aliphatic rings. The first kappa shape index (κ1) is 24.7. The summed E-state index contributed by atoms with van der Waals surface area (Å²) in [6, 6.07) is 0. The van der Waals surface area contributed by atoms with Gasteiger partial charge in [0.2, 0.25) is 0 Å². The second-order valence-corrected chi connectivity index (χ2v) is 14.8. The zero-order valence-corrected chi connectivity index (χ0v) is 23.6. The lowest BCUT2D eigenvalue weighted by Crippen LogP contribution is -2.65. The summed E-state index contributed by atoms with van der Waals surface area (Å²) >= 11 is 0. The molecule has 0 N–H and O–H groups in total. The van der Waals surface area contributed by atoms with Gasteiger partial charge in [0.05, 0.1) is 0 Å². The summed E-state index contributed by atoms with van der Waals surface area (Å²) in [5, 5.41) is 0. The van der Waals surface area contributed by atoms with E-state index in [4.69, 9.17) is 0 Å². The molecule has 0 heterocycles. The van der Waals surface area contributed by atoms with Crippen LogP contribution < -0.4 is 0 Å². The molecule has 10 atom stereocenters. The summed E-state index contributed by atoms with van der Waals surface area (Å²) < 4.78 is 0. The maximum atomic E-state index is 2.65. The third kappa shape index (κ3) is 3.12. The predicted octanol–water partition coefficient (Wildman–Crippen LogP) is 10.3. The van der Waals surface area contributed by atoms with Crippen molar-refractivity contribution in [1.29, 1.82) is 0 Å². The highest BCUT2D eigenvalue weighted by Gasteiger charge is 2.70. The van der Waals surface area contributed by atoms with Gasteiger partial charge in [0.15, 0.2) is 0 Å². The molecule has 1 unspecified atom stereocenters. The van der Waals surface area contributed by atoms with Crippen LogP contribution in [0.2, 0.25) is 0 Å². The maximum Gasteiger partial charge on any atom is -0.0207 e. The van der Waals surface area contributed by atoms with E-state index in [9.17, 15) is 0 Å². The molecule has 0 amide bonds. The summed E-state index contributed by atoms with van der Waals surface area (Å²) in [5.74, 6) is 7.12. The average molecular weight is 455 g/mol. The standard InChI is InChI=1S/C33H58/c1-8-23(5)24-16-20-31(9-2)27(24)18-22-33(11-4)29(31)15-14-28-25-13-12-19-30(6,7)26(25)17-21-32(28,33)10-3/h23-29H,8-22H2,1-7H3/t23?,24-,25+,26-,27-,28-,29-,31+,32-,33-/m1/s1. The van der Waals surface area contributed by atoms with Crippen molar-refractivity contribution in [3.8, 4) is 0 Å². The van der Waals surface area contributed by atoms with Crippen LogP contribution in [0.3, 0.4) is 0 Å². The molecule has 0 radical (unpaired) electrons. The topological polar surface area (TPSA) is 0 Å². The molecular formula is C33H58. The SMILES string of the molecule is CCC(C)[C@H]1CC[C@@]2(CC)[C@@H]1CC[C@]1(CC)[C@@H]2CC[C@@H]2[C@H]3CCCC(C)(C)[C@@H]3CC[C@]21CC. The van der Waals surface area contributed by atoms with E-state index in [0.29, 0.717) is 21.7 Å². The van der Waals surface area contributed by atoms with Gasteiger partial charge in [0.1, 0.15) is 0 Å². The minimum atomic E-state index is 0.594. The Labute approximate surface area is 207 Å². The highest BCUT2D eigenvalue weighted by molar-refractivity contribution is 5.19. The zero-order valence-electron chi connectivity index (χ0n) is 23.6. The summed E-state index contributed by atoms with van der Waals surface area (Å²) in [5.41, 5.74) is 2.57. The average Bonchev–Trinajstić information content (AvgIpc) is 3.22. The van der Waals surface area contributed by atoms with E-state index < -0.39 is 0 Å². The van der Waals surface area contributed by atoms with E-state index >= 15 is 0 Å². The molecule has 0 spiro atoms. The fraction of sp³-hybridized carbons (Fsp3) is 1.00. The highest BCUT2D eigenvalue weighted by Crippen LogP contribution is 2.78. The monoisotopic (exact) mass is 454 g/mol. The van der Waals surface area contributed by atoms with Crippen molar-refractivity contribution in [2.45, 2.75) is 145 Å². The summed E-state index contributed by atoms with van der Waals surface area (Å²) in [6.07, 6.45) is 22.9. The molecule has 5 fully saturated rings. The molecule has 0 aromatic rings. The van der Waals surface area contributed by atoms with Crippen molar-refractivity contribution in [2.75, 3.05) is 0 Å². The fourth-order valence-electron chi connectivity index (χ4n) is 13.0. The first-order valence-electron chi connectivity index (χ1n) is 15.8. The molecule has 5 aliphatic carbocycles. The first-order chi connectivity index (χ1) is 15.8. The summed E-state index contributed by atoms with van der Waals surface area (Å²) in [4.78, 5) is 0. The lowest BCUT2D eigenvalue weighted by atomic mass is 9.32. The summed E-state index contributed by atoms with van der Waals surface area (Å²) in [6.45, 7) is 18.2. The van der Waals surface area contributed by atoms with Gasteiger partial charge >= 0.3 is 0 Å². The van der Waals surface area contributed by atoms with Crippen LogP contribution in [0.15, 0.2) is 0 Å². The highest BCUT2D eigenvalue weighted by atomic mass is 14.7. The smallest absolute Gasteiger partial charge is 0.0207 e. The van der Waals surface area contributed by atoms with E-state index in [1.165, 1.54) is 38.5 Å². The number of rotatable bonds is 5. The Hall–Kier alpha value is 0. The van der Waals surface area contributed by atoms with Gasteiger partial charge in [-0.25, -0.2) is 0 Å².